The van der Waals surface area contributed by atoms with Crippen molar-refractivity contribution in [2.24, 2.45) is 0 Å². The maximum Gasteiger partial charge on any atom is 0.272 e. The molecule has 1 saturated heterocycles. The minimum atomic E-state index is -0.289. The van der Waals surface area contributed by atoms with E-state index in [2.05, 4.69) is 15.4 Å². The van der Waals surface area contributed by atoms with E-state index in [0.717, 1.165) is 30.6 Å². The van der Waals surface area contributed by atoms with Crippen LogP contribution in [-0.4, -0.2) is 33.4 Å². The van der Waals surface area contributed by atoms with Crippen LogP contribution >= 0.6 is 0 Å². The number of carbonyl (C=O) groups excluding carboxylic acids is 1. The van der Waals surface area contributed by atoms with Gasteiger partial charge >= 0.3 is 0 Å². The summed E-state index contributed by atoms with van der Waals surface area (Å²) in [5.41, 5.74) is 2.73. The molecular formula is C20H21FN4O2. The molecule has 2 aromatic heterocycles. The molecule has 27 heavy (non-hydrogen) atoms. The van der Waals surface area contributed by atoms with Crippen LogP contribution in [0.4, 0.5) is 10.1 Å². The van der Waals surface area contributed by atoms with Crippen molar-refractivity contribution in [2.45, 2.75) is 31.9 Å². The fourth-order valence-corrected chi connectivity index (χ4v) is 3.22. The third-order valence-corrected chi connectivity index (χ3v) is 4.66. The Morgan fingerprint density at radius 2 is 2.15 bits per heavy atom. The Bertz CT molecular complexity index is 910. The molecule has 140 valence electrons. The molecule has 0 bridgehead atoms. The number of ether oxygens (including phenoxy) is 1. The molecule has 1 aliphatic heterocycles. The first kappa shape index (κ1) is 17.5. The standard InChI is InChI=1S/C20H21FN4O2/c21-16-6-4-14(5-7-16)15-9-19(22-10-15)20(26)24-17-11-23-25(12-17)13-18-3-1-2-8-27-18/h4-7,9-12,18,22H,1-3,8,13H2,(H,24,26). The minimum Gasteiger partial charge on any atom is -0.376 e. The second-order valence-corrected chi connectivity index (χ2v) is 6.70. The van der Waals surface area contributed by atoms with Crippen molar-refractivity contribution in [1.29, 1.82) is 0 Å². The van der Waals surface area contributed by atoms with Gasteiger partial charge in [0.15, 0.2) is 0 Å². The lowest BCUT2D eigenvalue weighted by Crippen LogP contribution is -2.24. The van der Waals surface area contributed by atoms with Crippen molar-refractivity contribution in [3.05, 3.63) is 60.4 Å². The van der Waals surface area contributed by atoms with E-state index < -0.39 is 0 Å². The molecule has 7 heteroatoms. The first-order chi connectivity index (χ1) is 13.2. The maximum atomic E-state index is 13.0. The van der Waals surface area contributed by atoms with Gasteiger partial charge < -0.3 is 15.0 Å². The minimum absolute atomic E-state index is 0.184. The van der Waals surface area contributed by atoms with Crippen LogP contribution < -0.4 is 5.32 Å². The number of nitrogens with one attached hydrogen (secondary N) is 2. The normalized spacial score (nSPS) is 17.0. The van der Waals surface area contributed by atoms with E-state index in [0.29, 0.717) is 17.9 Å². The second kappa shape index (κ2) is 7.75. The summed E-state index contributed by atoms with van der Waals surface area (Å²) in [7, 11) is 0. The van der Waals surface area contributed by atoms with Crippen molar-refractivity contribution in [3.63, 3.8) is 0 Å². The number of hydrogen-bond donors (Lipinski definition) is 2. The molecule has 3 aromatic rings. The monoisotopic (exact) mass is 368 g/mol. The van der Waals surface area contributed by atoms with Crippen LogP contribution in [0.15, 0.2) is 48.9 Å². The van der Waals surface area contributed by atoms with Gasteiger partial charge in [-0.3, -0.25) is 9.48 Å². The second-order valence-electron chi connectivity index (χ2n) is 6.70. The molecule has 1 aliphatic rings. The zero-order valence-electron chi connectivity index (χ0n) is 14.8. The molecule has 0 saturated carbocycles. The third-order valence-electron chi connectivity index (χ3n) is 4.66. The van der Waals surface area contributed by atoms with Crippen LogP contribution in [0.1, 0.15) is 29.8 Å². The molecule has 0 aliphatic carbocycles. The summed E-state index contributed by atoms with van der Waals surface area (Å²) >= 11 is 0. The number of hydrogen-bond acceptors (Lipinski definition) is 3. The summed E-state index contributed by atoms with van der Waals surface area (Å²) in [6.45, 7) is 1.49. The van der Waals surface area contributed by atoms with Crippen LogP contribution in [-0.2, 0) is 11.3 Å². The average Bonchev–Trinajstić information content (AvgIpc) is 3.33. The topological polar surface area (TPSA) is 71.9 Å². The van der Waals surface area contributed by atoms with Gasteiger partial charge in [-0.05, 0) is 48.6 Å². The van der Waals surface area contributed by atoms with Gasteiger partial charge in [-0.1, -0.05) is 12.1 Å². The van der Waals surface area contributed by atoms with Crippen LogP contribution in [0, 0.1) is 5.82 Å². The molecule has 0 radical (unpaired) electrons. The number of aromatic nitrogens is 3. The molecule has 1 atom stereocenters. The summed E-state index contributed by atoms with van der Waals surface area (Å²) in [6.07, 6.45) is 8.68. The lowest BCUT2D eigenvalue weighted by molar-refractivity contribution is 0.00400. The van der Waals surface area contributed by atoms with Crippen LogP contribution in [0.25, 0.3) is 11.1 Å². The molecule has 1 unspecified atom stereocenters. The SMILES string of the molecule is O=C(Nc1cnn(CC2CCCCO2)c1)c1cc(-c2ccc(F)cc2)c[nH]1. The number of aromatic amines is 1. The zero-order chi connectivity index (χ0) is 18.6. The van der Waals surface area contributed by atoms with Gasteiger partial charge in [-0.2, -0.15) is 5.10 Å². The van der Waals surface area contributed by atoms with Gasteiger partial charge in [0.25, 0.3) is 5.91 Å². The van der Waals surface area contributed by atoms with E-state index in [1.807, 2.05) is 0 Å². The fourth-order valence-electron chi connectivity index (χ4n) is 3.22. The van der Waals surface area contributed by atoms with Crippen molar-refractivity contribution < 1.29 is 13.9 Å². The molecular weight excluding hydrogens is 347 g/mol. The Balaban J connectivity index is 1.38. The van der Waals surface area contributed by atoms with E-state index in [9.17, 15) is 9.18 Å². The third kappa shape index (κ3) is 4.25. The molecule has 6 nitrogen and oxygen atoms in total. The number of H-pyrrole nitrogens is 1. The van der Waals surface area contributed by atoms with E-state index in [-0.39, 0.29) is 17.8 Å². The molecule has 1 fully saturated rings. The Morgan fingerprint density at radius 1 is 1.30 bits per heavy atom. The predicted molar refractivity (Wildman–Crippen MR) is 100.0 cm³/mol. The summed E-state index contributed by atoms with van der Waals surface area (Å²) in [5.74, 6) is -0.542. The number of nitrogens with zero attached hydrogens (tertiary/aromatic N) is 2. The van der Waals surface area contributed by atoms with E-state index in [1.165, 1.54) is 18.6 Å². The smallest absolute Gasteiger partial charge is 0.272 e. The van der Waals surface area contributed by atoms with Crippen LogP contribution in [0.2, 0.25) is 0 Å². The quantitative estimate of drug-likeness (QED) is 0.719. The van der Waals surface area contributed by atoms with Gasteiger partial charge in [0.1, 0.15) is 11.5 Å². The van der Waals surface area contributed by atoms with Crippen LogP contribution in [0.5, 0.6) is 0 Å². The number of carbonyl (C=O) groups is 1. The first-order valence-corrected chi connectivity index (χ1v) is 9.07. The van der Waals surface area contributed by atoms with E-state index in [1.54, 1.807) is 41.5 Å². The molecule has 2 N–H and O–H groups in total. The van der Waals surface area contributed by atoms with E-state index >= 15 is 0 Å². The molecule has 3 heterocycles. The summed E-state index contributed by atoms with van der Waals surface area (Å²) in [6, 6.07) is 7.89. The number of anilines is 1. The van der Waals surface area contributed by atoms with Gasteiger partial charge in [0.05, 0.1) is 24.5 Å². The lowest BCUT2D eigenvalue weighted by atomic mass is 10.1. The summed E-state index contributed by atoms with van der Waals surface area (Å²) < 4.78 is 20.6. The summed E-state index contributed by atoms with van der Waals surface area (Å²) in [4.78, 5) is 15.4. The predicted octanol–water partition coefficient (Wildman–Crippen LogP) is 3.84. The van der Waals surface area contributed by atoms with Gasteiger partial charge in [-0.15, -0.1) is 0 Å². The molecule has 0 spiro atoms. The fraction of sp³-hybridized carbons (Fsp3) is 0.300. The highest BCUT2D eigenvalue weighted by Crippen LogP contribution is 2.21. The van der Waals surface area contributed by atoms with Gasteiger partial charge in [0, 0.05) is 19.0 Å². The highest BCUT2D eigenvalue weighted by atomic mass is 19.1. The highest BCUT2D eigenvalue weighted by molar-refractivity contribution is 6.03. The number of amides is 1. The average molecular weight is 368 g/mol. The van der Waals surface area contributed by atoms with E-state index in [4.69, 9.17) is 4.74 Å². The highest BCUT2D eigenvalue weighted by Gasteiger charge is 2.16. The van der Waals surface area contributed by atoms with Crippen LogP contribution in [0.3, 0.4) is 0 Å². The number of benzene rings is 1. The zero-order valence-corrected chi connectivity index (χ0v) is 14.8. The maximum absolute atomic E-state index is 13.0. The van der Waals surface area contributed by atoms with Crippen molar-refractivity contribution in [3.8, 4) is 11.1 Å². The largest absolute Gasteiger partial charge is 0.376 e. The number of halogens is 1. The Morgan fingerprint density at radius 3 is 2.93 bits per heavy atom. The first-order valence-electron chi connectivity index (χ1n) is 9.07. The van der Waals surface area contributed by atoms with Crippen molar-refractivity contribution in [1.82, 2.24) is 14.8 Å². The van der Waals surface area contributed by atoms with Gasteiger partial charge in [0.2, 0.25) is 0 Å². The van der Waals surface area contributed by atoms with Gasteiger partial charge in [-0.25, -0.2) is 4.39 Å². The Hall–Kier alpha value is -2.93. The molecule has 4 rings (SSSR count). The van der Waals surface area contributed by atoms with Crippen molar-refractivity contribution in [2.75, 3.05) is 11.9 Å². The Labute approximate surface area is 156 Å². The number of rotatable bonds is 5. The molecule has 1 amide bonds. The van der Waals surface area contributed by atoms with Crippen molar-refractivity contribution >= 4 is 11.6 Å². The summed E-state index contributed by atoms with van der Waals surface area (Å²) in [5, 5.41) is 7.13. The Kier molecular flexibility index (Phi) is 5.02. The molecule has 1 aromatic carbocycles. The lowest BCUT2D eigenvalue weighted by Gasteiger charge is -2.22.